The van der Waals surface area contributed by atoms with Crippen LogP contribution < -0.4 is 0 Å². The van der Waals surface area contributed by atoms with E-state index in [9.17, 15) is 0 Å². The quantitative estimate of drug-likeness (QED) is 0.510. The van der Waals surface area contributed by atoms with Gasteiger partial charge in [0.15, 0.2) is 0 Å². The van der Waals surface area contributed by atoms with Gasteiger partial charge in [0, 0.05) is 0 Å². The Morgan fingerprint density at radius 3 is 2.86 bits per heavy atom. The molecule has 0 aromatic rings. The molecular weight excluding hydrogens is 123 g/mol. The molecule has 1 heteroatoms. The molecule has 0 amide bonds. The molecule has 0 aromatic heterocycles. The van der Waals surface area contributed by atoms with Gasteiger partial charge in [-0.2, -0.15) is 0 Å². The van der Waals surface area contributed by atoms with Crippen molar-refractivity contribution in [2.45, 2.75) is 12.1 Å². The summed E-state index contributed by atoms with van der Waals surface area (Å²) in [6, 6.07) is 0. The standard InChI is InChI=1S/C5H5.CH3.V/c1-2-4-5-3-1;;/h1-3H,4H2;1H3;. The summed E-state index contributed by atoms with van der Waals surface area (Å²) < 4.78 is 1.65. The van der Waals surface area contributed by atoms with Crippen molar-refractivity contribution in [3.8, 4) is 0 Å². The van der Waals surface area contributed by atoms with Gasteiger partial charge in [0.05, 0.1) is 0 Å². The molecule has 0 heterocycles. The molecule has 0 fully saturated rings. The first-order valence-corrected chi connectivity index (χ1v) is 4.48. The van der Waals surface area contributed by atoms with Crippen LogP contribution >= 0.6 is 0 Å². The topological polar surface area (TPSA) is 0 Å². The Kier molecular flexibility index (Phi) is 1.78. The van der Waals surface area contributed by atoms with Gasteiger partial charge < -0.3 is 0 Å². The van der Waals surface area contributed by atoms with E-state index >= 15 is 0 Å². The third kappa shape index (κ3) is 1.22. The second-order valence-electron chi connectivity index (χ2n) is 1.51. The summed E-state index contributed by atoms with van der Waals surface area (Å²) in [6.07, 6.45) is 7.83. The van der Waals surface area contributed by atoms with Crippen LogP contribution in [0.4, 0.5) is 0 Å². The van der Waals surface area contributed by atoms with Crippen LogP contribution in [0.25, 0.3) is 0 Å². The van der Waals surface area contributed by atoms with Gasteiger partial charge in [0.25, 0.3) is 0 Å². The molecule has 0 aliphatic heterocycles. The summed E-state index contributed by atoms with van der Waals surface area (Å²) in [5.74, 6) is 0. The van der Waals surface area contributed by atoms with Gasteiger partial charge in [0.1, 0.15) is 0 Å². The second kappa shape index (κ2) is 2.39. The average Bonchev–Trinajstić information content (AvgIpc) is 2.14. The minimum atomic E-state index is 0.523. The summed E-state index contributed by atoms with van der Waals surface area (Å²) in [5, 5.41) is 0. The van der Waals surface area contributed by atoms with Gasteiger partial charge in [-0.3, -0.25) is 0 Å². The predicted octanol–water partition coefficient (Wildman–Crippen LogP) is 1.96. The van der Waals surface area contributed by atoms with E-state index in [-0.39, 0.29) is 0 Å². The number of rotatable bonds is 1. The first kappa shape index (κ1) is 5.21. The molecule has 1 aliphatic carbocycles. The Labute approximate surface area is 51.3 Å². The van der Waals surface area contributed by atoms with E-state index in [0.29, 0.717) is 16.3 Å². The van der Waals surface area contributed by atoms with E-state index in [1.807, 2.05) is 0 Å². The molecule has 0 unspecified atom stereocenters. The summed E-state index contributed by atoms with van der Waals surface area (Å²) in [5.41, 5.74) is 2.29. The molecule has 0 N–H and O–H groups in total. The maximum atomic E-state index is 2.29. The summed E-state index contributed by atoms with van der Waals surface area (Å²) in [7, 11) is 0. The van der Waals surface area contributed by atoms with Gasteiger partial charge in [-0.05, 0) is 0 Å². The number of hydrogen-bond acceptors (Lipinski definition) is 0. The van der Waals surface area contributed by atoms with Crippen LogP contribution in [0, 0.1) is 0 Å². The molecule has 0 saturated heterocycles. The van der Waals surface area contributed by atoms with Crippen LogP contribution in [0.15, 0.2) is 22.5 Å². The Hall–Kier alpha value is 0.0644. The number of hydrogen-bond donors (Lipinski definition) is 0. The SMILES string of the molecule is [CH3][V][C]1=CC=CC1. The molecule has 37 valence electrons. The van der Waals surface area contributed by atoms with Crippen molar-refractivity contribution in [3.63, 3.8) is 0 Å². The van der Waals surface area contributed by atoms with E-state index in [1.165, 1.54) is 6.42 Å². The second-order valence-corrected chi connectivity index (χ2v) is 3.11. The van der Waals surface area contributed by atoms with Crippen molar-refractivity contribution in [1.82, 2.24) is 0 Å². The molecular formula is C6H8V. The van der Waals surface area contributed by atoms with Gasteiger partial charge in [-0.25, -0.2) is 0 Å². The van der Waals surface area contributed by atoms with Crippen molar-refractivity contribution in [1.29, 1.82) is 0 Å². The zero-order chi connectivity index (χ0) is 5.11. The molecule has 0 spiro atoms. The third-order valence-corrected chi connectivity index (χ3v) is 2.45. The fraction of sp³-hybridized carbons (Fsp3) is 0.333. The van der Waals surface area contributed by atoms with Gasteiger partial charge in [0.2, 0.25) is 0 Å². The van der Waals surface area contributed by atoms with Crippen LogP contribution in [0.5, 0.6) is 0 Å². The van der Waals surface area contributed by atoms with E-state index in [0.717, 1.165) is 0 Å². The normalized spacial score (nSPS) is 17.0. The Bertz CT molecular complexity index is 111. The van der Waals surface area contributed by atoms with Crippen molar-refractivity contribution in [2.75, 3.05) is 0 Å². The van der Waals surface area contributed by atoms with Crippen LogP contribution in [0.2, 0.25) is 5.64 Å². The fourth-order valence-electron chi connectivity index (χ4n) is 0.602. The molecule has 0 radical (unpaired) electrons. The van der Waals surface area contributed by atoms with Crippen LogP contribution in [-0.4, -0.2) is 0 Å². The van der Waals surface area contributed by atoms with Crippen LogP contribution in [0.1, 0.15) is 6.42 Å². The summed E-state index contributed by atoms with van der Waals surface area (Å²) >= 11 is 0.523. The molecule has 0 saturated carbocycles. The summed E-state index contributed by atoms with van der Waals surface area (Å²) in [6.45, 7) is 0. The summed E-state index contributed by atoms with van der Waals surface area (Å²) in [4.78, 5) is 0. The molecule has 7 heavy (non-hydrogen) atoms. The van der Waals surface area contributed by atoms with Gasteiger partial charge >= 0.3 is 50.9 Å². The van der Waals surface area contributed by atoms with E-state index < -0.39 is 0 Å². The first-order chi connectivity index (χ1) is 3.43. The number of allylic oxidation sites excluding steroid dienone is 4. The minimum absolute atomic E-state index is 0.523. The van der Waals surface area contributed by atoms with Gasteiger partial charge in [-0.1, -0.05) is 0 Å². The Morgan fingerprint density at radius 2 is 2.57 bits per heavy atom. The zero-order valence-electron chi connectivity index (χ0n) is 4.39. The zero-order valence-corrected chi connectivity index (χ0v) is 5.78. The Morgan fingerprint density at radius 1 is 1.71 bits per heavy atom. The van der Waals surface area contributed by atoms with E-state index in [4.69, 9.17) is 0 Å². The van der Waals surface area contributed by atoms with Crippen LogP contribution in [-0.2, 0) is 16.3 Å². The molecule has 0 aromatic carbocycles. The van der Waals surface area contributed by atoms with Crippen molar-refractivity contribution < 1.29 is 16.3 Å². The molecule has 1 rings (SSSR count). The van der Waals surface area contributed by atoms with Crippen LogP contribution in [0.3, 0.4) is 0 Å². The van der Waals surface area contributed by atoms with Crippen molar-refractivity contribution in [2.24, 2.45) is 0 Å². The van der Waals surface area contributed by atoms with Crippen molar-refractivity contribution in [3.05, 3.63) is 22.5 Å². The molecule has 0 nitrogen and oxygen atoms in total. The van der Waals surface area contributed by atoms with Gasteiger partial charge in [-0.15, -0.1) is 0 Å². The monoisotopic (exact) mass is 131 g/mol. The van der Waals surface area contributed by atoms with Crippen molar-refractivity contribution >= 4 is 0 Å². The fourth-order valence-corrected chi connectivity index (χ4v) is 1.42. The van der Waals surface area contributed by atoms with E-state index in [1.54, 1.807) is 4.28 Å². The predicted molar refractivity (Wildman–Crippen MR) is 27.7 cm³/mol. The molecule has 1 aliphatic rings. The third-order valence-electron chi connectivity index (χ3n) is 1.04. The Balaban J connectivity index is 2.45. The molecule has 0 atom stereocenters. The first-order valence-electron chi connectivity index (χ1n) is 2.39. The van der Waals surface area contributed by atoms with E-state index in [2.05, 4.69) is 23.9 Å². The maximum absolute atomic E-state index is 2.29. The average molecular weight is 131 g/mol. The molecule has 0 bridgehead atoms.